The zero-order chi connectivity index (χ0) is 23.4. The highest BCUT2D eigenvalue weighted by atomic mass is 16.2. The molecule has 1 heterocycles. The fraction of sp³-hybridized carbons (Fsp3) is 0.280. The monoisotopic (exact) mass is 432 g/mol. The third-order valence-electron chi connectivity index (χ3n) is 5.29. The van der Waals surface area contributed by atoms with Crippen molar-refractivity contribution < 1.29 is 9.59 Å². The van der Waals surface area contributed by atoms with Crippen LogP contribution in [-0.2, 0) is 9.59 Å². The number of hydrogen-bond donors (Lipinski definition) is 2. The van der Waals surface area contributed by atoms with Crippen LogP contribution in [0.1, 0.15) is 37.9 Å². The predicted molar refractivity (Wildman–Crippen MR) is 127 cm³/mol. The van der Waals surface area contributed by atoms with E-state index in [2.05, 4.69) is 15.7 Å². The van der Waals surface area contributed by atoms with E-state index >= 15 is 0 Å². The van der Waals surface area contributed by atoms with Gasteiger partial charge in [-0.1, -0.05) is 44.2 Å². The lowest BCUT2D eigenvalue weighted by atomic mass is 10.1. The predicted octanol–water partition coefficient (Wildman–Crippen LogP) is 4.32. The molecule has 0 unspecified atom stereocenters. The molecule has 2 aromatic carbocycles. The van der Waals surface area contributed by atoms with E-state index in [0.29, 0.717) is 17.1 Å². The third-order valence-corrected chi connectivity index (χ3v) is 5.29. The van der Waals surface area contributed by atoms with Crippen molar-refractivity contribution >= 4 is 23.2 Å². The molecule has 7 heteroatoms. The van der Waals surface area contributed by atoms with Gasteiger partial charge in [0.1, 0.15) is 6.04 Å². The second-order valence-corrected chi connectivity index (χ2v) is 8.16. The number of amides is 2. The molecule has 3 aromatic rings. The molecule has 7 nitrogen and oxygen atoms in total. The first-order chi connectivity index (χ1) is 15.2. The Bertz CT molecular complexity index is 1210. The van der Waals surface area contributed by atoms with Gasteiger partial charge in [-0.15, -0.1) is 0 Å². The van der Waals surface area contributed by atoms with Crippen LogP contribution in [0.15, 0.2) is 59.4 Å². The van der Waals surface area contributed by atoms with Gasteiger partial charge in [-0.3, -0.25) is 14.4 Å². The summed E-state index contributed by atoms with van der Waals surface area (Å²) in [4.78, 5) is 37.4. The number of nitrogens with zero attached hydrogens (tertiary/aromatic N) is 2. The molecule has 2 amide bonds. The lowest BCUT2D eigenvalue weighted by Crippen LogP contribution is -2.33. The number of nitrogens with one attached hydrogen (secondary N) is 2. The molecule has 0 spiro atoms. The maximum Gasteiger partial charge on any atom is 0.267 e. The first kappa shape index (κ1) is 22.9. The third kappa shape index (κ3) is 5.11. The Kier molecular flexibility index (Phi) is 6.88. The molecule has 1 atom stereocenters. The summed E-state index contributed by atoms with van der Waals surface area (Å²) in [6.45, 7) is 9.10. The summed E-state index contributed by atoms with van der Waals surface area (Å²) in [6.07, 6.45) is 0. The minimum Gasteiger partial charge on any atom is -0.326 e. The second-order valence-electron chi connectivity index (χ2n) is 8.16. The van der Waals surface area contributed by atoms with Gasteiger partial charge in [-0.05, 0) is 50.1 Å². The lowest BCUT2D eigenvalue weighted by molar-refractivity contribution is -0.119. The van der Waals surface area contributed by atoms with E-state index in [-0.39, 0.29) is 23.3 Å². The Labute approximate surface area is 187 Å². The molecule has 3 rings (SSSR count). The Morgan fingerprint density at radius 2 is 1.50 bits per heavy atom. The summed E-state index contributed by atoms with van der Waals surface area (Å²) in [6, 6.07) is 15.2. The zero-order valence-electron chi connectivity index (χ0n) is 19.0. The number of carbonyl (C=O) groups is 2. The minimum absolute atomic E-state index is 0.0790. The number of rotatable bonds is 6. The van der Waals surface area contributed by atoms with Crippen molar-refractivity contribution in [2.24, 2.45) is 5.92 Å². The van der Waals surface area contributed by atoms with Gasteiger partial charge in [0.15, 0.2) is 0 Å². The molecule has 0 aliphatic carbocycles. The van der Waals surface area contributed by atoms with Crippen LogP contribution >= 0.6 is 0 Å². The number of anilines is 2. The summed E-state index contributed by atoms with van der Waals surface area (Å²) in [5.41, 5.74) is 4.11. The van der Waals surface area contributed by atoms with Crippen LogP contribution in [0.25, 0.3) is 11.3 Å². The Morgan fingerprint density at radius 1 is 0.844 bits per heavy atom. The van der Waals surface area contributed by atoms with Gasteiger partial charge in [0.25, 0.3) is 5.56 Å². The number of hydrogen-bond acceptors (Lipinski definition) is 4. The van der Waals surface area contributed by atoms with Gasteiger partial charge in [0.2, 0.25) is 11.8 Å². The topological polar surface area (TPSA) is 93.1 Å². The molecule has 0 saturated carbocycles. The van der Waals surface area contributed by atoms with Crippen LogP contribution < -0.4 is 16.2 Å². The summed E-state index contributed by atoms with van der Waals surface area (Å²) in [5, 5.41) is 10.2. The van der Waals surface area contributed by atoms with Crippen LogP contribution in [0.3, 0.4) is 0 Å². The van der Waals surface area contributed by atoms with Gasteiger partial charge in [0.05, 0.1) is 5.69 Å². The van der Waals surface area contributed by atoms with Crippen LogP contribution in [0.4, 0.5) is 11.4 Å². The molecule has 166 valence electrons. The summed E-state index contributed by atoms with van der Waals surface area (Å²) >= 11 is 0. The van der Waals surface area contributed by atoms with Crippen LogP contribution in [-0.4, -0.2) is 21.6 Å². The van der Waals surface area contributed by atoms with Gasteiger partial charge < -0.3 is 10.6 Å². The average molecular weight is 433 g/mol. The number of aromatic nitrogens is 2. The normalized spacial score (nSPS) is 11.8. The molecular weight excluding hydrogens is 404 g/mol. The van der Waals surface area contributed by atoms with Crippen molar-refractivity contribution in [1.82, 2.24) is 9.78 Å². The average Bonchev–Trinajstić information content (AvgIpc) is 2.76. The first-order valence-electron chi connectivity index (χ1n) is 10.6. The smallest absolute Gasteiger partial charge is 0.267 e. The molecule has 0 saturated heterocycles. The highest BCUT2D eigenvalue weighted by Gasteiger charge is 2.19. The van der Waals surface area contributed by atoms with E-state index in [0.717, 1.165) is 16.7 Å². The van der Waals surface area contributed by atoms with E-state index in [4.69, 9.17) is 0 Å². The molecule has 0 aliphatic rings. The van der Waals surface area contributed by atoms with Crippen molar-refractivity contribution in [3.63, 3.8) is 0 Å². The quantitative estimate of drug-likeness (QED) is 0.607. The number of aryl methyl sites for hydroxylation is 2. The van der Waals surface area contributed by atoms with Crippen molar-refractivity contribution in [2.75, 3.05) is 10.6 Å². The summed E-state index contributed by atoms with van der Waals surface area (Å²) < 4.78 is 1.18. The van der Waals surface area contributed by atoms with E-state index < -0.39 is 6.04 Å². The van der Waals surface area contributed by atoms with Crippen molar-refractivity contribution in [2.45, 2.75) is 40.7 Å². The number of carbonyl (C=O) groups excluding carboxylic acids is 2. The van der Waals surface area contributed by atoms with Crippen LogP contribution in [0, 0.1) is 19.8 Å². The number of para-hydroxylation sites is 1. The SMILES string of the molecule is Cc1ccc(-c2ccc(=O)n([C@@H](C)C(=O)Nc3ccccc3C)n2)cc1NC(=O)C(C)C. The molecule has 0 radical (unpaired) electrons. The lowest BCUT2D eigenvalue weighted by Gasteiger charge is -2.16. The Balaban J connectivity index is 1.90. The van der Waals surface area contributed by atoms with Crippen LogP contribution in [0.2, 0.25) is 0 Å². The Morgan fingerprint density at radius 3 is 2.19 bits per heavy atom. The van der Waals surface area contributed by atoms with E-state index in [1.165, 1.54) is 10.7 Å². The first-order valence-corrected chi connectivity index (χ1v) is 10.6. The zero-order valence-corrected chi connectivity index (χ0v) is 19.0. The van der Waals surface area contributed by atoms with E-state index in [1.807, 2.05) is 70.2 Å². The molecule has 0 fully saturated rings. The molecule has 0 aliphatic heterocycles. The fourth-order valence-electron chi connectivity index (χ4n) is 3.11. The highest BCUT2D eigenvalue weighted by molar-refractivity contribution is 5.94. The Hall–Kier alpha value is -3.74. The van der Waals surface area contributed by atoms with Gasteiger partial charge in [-0.2, -0.15) is 5.10 Å². The molecule has 2 N–H and O–H groups in total. The van der Waals surface area contributed by atoms with Crippen molar-refractivity contribution in [3.05, 3.63) is 76.1 Å². The maximum absolute atomic E-state index is 12.8. The number of benzene rings is 2. The summed E-state index contributed by atoms with van der Waals surface area (Å²) in [7, 11) is 0. The molecule has 1 aromatic heterocycles. The van der Waals surface area contributed by atoms with E-state index in [9.17, 15) is 14.4 Å². The van der Waals surface area contributed by atoms with Gasteiger partial charge in [0, 0.05) is 28.9 Å². The fourth-order valence-corrected chi connectivity index (χ4v) is 3.11. The van der Waals surface area contributed by atoms with Gasteiger partial charge in [-0.25, -0.2) is 4.68 Å². The van der Waals surface area contributed by atoms with E-state index in [1.54, 1.807) is 13.0 Å². The molecular formula is C25H28N4O3. The molecule has 32 heavy (non-hydrogen) atoms. The van der Waals surface area contributed by atoms with Crippen LogP contribution in [0.5, 0.6) is 0 Å². The highest BCUT2D eigenvalue weighted by Crippen LogP contribution is 2.24. The van der Waals surface area contributed by atoms with Gasteiger partial charge >= 0.3 is 0 Å². The summed E-state index contributed by atoms with van der Waals surface area (Å²) in [5.74, 6) is -0.560. The van der Waals surface area contributed by atoms with Crippen molar-refractivity contribution in [1.29, 1.82) is 0 Å². The second kappa shape index (κ2) is 9.60. The largest absolute Gasteiger partial charge is 0.326 e. The standard InChI is InChI=1S/C25H28N4O3/c1-15(2)24(31)27-22-14-19(11-10-17(22)4)21-12-13-23(30)29(28-21)18(5)25(32)26-20-9-7-6-8-16(20)3/h6-15,18H,1-5H3,(H,26,32)(H,27,31)/t18-/m0/s1. The molecule has 0 bridgehead atoms. The maximum atomic E-state index is 12.8. The minimum atomic E-state index is -0.812. The van der Waals surface area contributed by atoms with Crippen molar-refractivity contribution in [3.8, 4) is 11.3 Å².